The first-order valence-corrected chi connectivity index (χ1v) is 8.00. The number of piperazine rings is 1. The standard InChI is InChI=1S/C11H16BrN3O2S/c1-8-7-15(9(2)4-14-8)18(16,17)11-3-10(12)5-13-6-11/h3,5-6,8-9,14H,4,7H2,1-2H3. The molecule has 2 atom stereocenters. The average molecular weight is 334 g/mol. The van der Waals surface area contributed by atoms with E-state index < -0.39 is 10.0 Å². The molecule has 0 aromatic carbocycles. The minimum Gasteiger partial charge on any atom is -0.311 e. The van der Waals surface area contributed by atoms with Gasteiger partial charge in [0.1, 0.15) is 4.90 Å². The maximum absolute atomic E-state index is 12.5. The number of halogens is 1. The van der Waals surface area contributed by atoms with E-state index in [-0.39, 0.29) is 17.0 Å². The zero-order valence-corrected chi connectivity index (χ0v) is 12.7. The van der Waals surface area contributed by atoms with Gasteiger partial charge in [0.2, 0.25) is 10.0 Å². The first kappa shape index (κ1) is 13.9. The zero-order valence-electron chi connectivity index (χ0n) is 10.3. The summed E-state index contributed by atoms with van der Waals surface area (Å²) in [6, 6.07) is 1.70. The number of sulfonamides is 1. The van der Waals surface area contributed by atoms with Crippen LogP contribution in [0.15, 0.2) is 27.8 Å². The fourth-order valence-corrected chi connectivity index (χ4v) is 4.22. The van der Waals surface area contributed by atoms with E-state index in [0.717, 1.165) is 0 Å². The van der Waals surface area contributed by atoms with Crippen molar-refractivity contribution in [2.24, 2.45) is 0 Å². The Morgan fingerprint density at radius 3 is 2.83 bits per heavy atom. The summed E-state index contributed by atoms with van der Waals surface area (Å²) in [6.07, 6.45) is 2.96. The fourth-order valence-electron chi connectivity index (χ4n) is 1.99. The molecule has 0 saturated carbocycles. The van der Waals surface area contributed by atoms with Gasteiger partial charge < -0.3 is 5.32 Å². The molecule has 2 heterocycles. The van der Waals surface area contributed by atoms with Gasteiger partial charge in [-0.2, -0.15) is 4.31 Å². The van der Waals surface area contributed by atoms with Gasteiger partial charge in [-0.1, -0.05) is 0 Å². The summed E-state index contributed by atoms with van der Waals surface area (Å²) in [5.74, 6) is 0. The van der Waals surface area contributed by atoms with Crippen LogP contribution >= 0.6 is 15.9 Å². The van der Waals surface area contributed by atoms with E-state index in [1.54, 1.807) is 12.3 Å². The Morgan fingerprint density at radius 2 is 2.17 bits per heavy atom. The van der Waals surface area contributed by atoms with Gasteiger partial charge >= 0.3 is 0 Å². The average Bonchev–Trinajstić information content (AvgIpc) is 2.32. The Bertz CT molecular complexity index is 535. The summed E-state index contributed by atoms with van der Waals surface area (Å²) in [7, 11) is -3.47. The third-order valence-corrected chi connectivity index (χ3v) is 5.37. The van der Waals surface area contributed by atoms with E-state index >= 15 is 0 Å². The van der Waals surface area contributed by atoms with Crippen LogP contribution in [-0.2, 0) is 10.0 Å². The van der Waals surface area contributed by atoms with Crippen molar-refractivity contribution in [3.8, 4) is 0 Å². The Morgan fingerprint density at radius 1 is 1.44 bits per heavy atom. The number of nitrogens with zero attached hydrogens (tertiary/aromatic N) is 2. The van der Waals surface area contributed by atoms with Crippen LogP contribution in [-0.4, -0.2) is 42.9 Å². The van der Waals surface area contributed by atoms with E-state index in [0.29, 0.717) is 17.6 Å². The molecule has 0 amide bonds. The van der Waals surface area contributed by atoms with Gasteiger partial charge in [0.25, 0.3) is 0 Å². The summed E-state index contributed by atoms with van der Waals surface area (Å²) >= 11 is 3.25. The molecule has 18 heavy (non-hydrogen) atoms. The highest BCUT2D eigenvalue weighted by atomic mass is 79.9. The molecule has 1 saturated heterocycles. The van der Waals surface area contributed by atoms with Crippen molar-refractivity contribution in [1.29, 1.82) is 0 Å². The third kappa shape index (κ3) is 2.74. The normalized spacial score (nSPS) is 26.2. The highest BCUT2D eigenvalue weighted by Crippen LogP contribution is 2.22. The Kier molecular flexibility index (Phi) is 4.05. The predicted molar refractivity (Wildman–Crippen MR) is 72.8 cm³/mol. The fraction of sp³-hybridized carbons (Fsp3) is 0.545. The van der Waals surface area contributed by atoms with Crippen molar-refractivity contribution >= 4 is 26.0 Å². The second-order valence-corrected chi connectivity index (χ2v) is 7.38. The molecule has 7 heteroatoms. The van der Waals surface area contributed by atoms with E-state index in [1.165, 1.54) is 10.5 Å². The zero-order chi connectivity index (χ0) is 13.3. The van der Waals surface area contributed by atoms with Crippen LogP contribution in [0.5, 0.6) is 0 Å². The van der Waals surface area contributed by atoms with Crippen LogP contribution in [0.2, 0.25) is 0 Å². The molecular weight excluding hydrogens is 318 g/mol. The molecule has 1 aromatic rings. The Hall–Kier alpha value is -0.500. The number of rotatable bonds is 2. The van der Waals surface area contributed by atoms with Crippen LogP contribution in [0.4, 0.5) is 0 Å². The number of hydrogen-bond acceptors (Lipinski definition) is 4. The van der Waals surface area contributed by atoms with Crippen LogP contribution in [0.3, 0.4) is 0 Å². The second kappa shape index (κ2) is 5.24. The van der Waals surface area contributed by atoms with Gasteiger partial charge in [-0.15, -0.1) is 0 Å². The first-order chi connectivity index (χ1) is 8.41. The van der Waals surface area contributed by atoms with Crippen LogP contribution in [0.25, 0.3) is 0 Å². The smallest absolute Gasteiger partial charge is 0.244 e. The number of nitrogens with one attached hydrogen (secondary N) is 1. The highest BCUT2D eigenvalue weighted by molar-refractivity contribution is 9.10. The molecule has 1 aliphatic rings. The highest BCUT2D eigenvalue weighted by Gasteiger charge is 2.33. The van der Waals surface area contributed by atoms with Gasteiger partial charge in [0, 0.05) is 42.0 Å². The van der Waals surface area contributed by atoms with Crippen molar-refractivity contribution in [1.82, 2.24) is 14.6 Å². The molecule has 1 aromatic heterocycles. The van der Waals surface area contributed by atoms with Crippen molar-refractivity contribution in [2.75, 3.05) is 13.1 Å². The molecule has 2 rings (SSSR count). The summed E-state index contributed by atoms with van der Waals surface area (Å²) in [5.41, 5.74) is 0. The molecule has 2 unspecified atom stereocenters. The molecule has 5 nitrogen and oxygen atoms in total. The lowest BCUT2D eigenvalue weighted by atomic mass is 10.2. The van der Waals surface area contributed by atoms with E-state index in [4.69, 9.17) is 0 Å². The molecule has 0 bridgehead atoms. The summed E-state index contributed by atoms with van der Waals surface area (Å²) in [5, 5.41) is 3.27. The lowest BCUT2D eigenvalue weighted by Gasteiger charge is -2.36. The molecule has 0 aliphatic carbocycles. The van der Waals surface area contributed by atoms with Crippen molar-refractivity contribution in [3.63, 3.8) is 0 Å². The maximum Gasteiger partial charge on any atom is 0.244 e. The monoisotopic (exact) mass is 333 g/mol. The first-order valence-electron chi connectivity index (χ1n) is 5.77. The van der Waals surface area contributed by atoms with Gasteiger partial charge in [-0.05, 0) is 35.8 Å². The van der Waals surface area contributed by atoms with Gasteiger partial charge in [-0.3, -0.25) is 4.98 Å². The minimum atomic E-state index is -3.47. The summed E-state index contributed by atoms with van der Waals surface area (Å²) in [6.45, 7) is 5.03. The predicted octanol–water partition coefficient (Wildman–Crippen LogP) is 1.22. The van der Waals surface area contributed by atoms with Crippen molar-refractivity contribution in [2.45, 2.75) is 30.8 Å². The van der Waals surface area contributed by atoms with Crippen LogP contribution in [0, 0.1) is 0 Å². The van der Waals surface area contributed by atoms with Crippen molar-refractivity contribution in [3.05, 3.63) is 22.9 Å². The molecule has 100 valence electrons. The third-order valence-electron chi connectivity index (χ3n) is 2.99. The Balaban J connectivity index is 2.35. The largest absolute Gasteiger partial charge is 0.311 e. The van der Waals surface area contributed by atoms with Crippen LogP contribution in [0.1, 0.15) is 13.8 Å². The second-order valence-electron chi connectivity index (χ2n) is 4.57. The van der Waals surface area contributed by atoms with E-state index in [1.807, 2.05) is 13.8 Å². The van der Waals surface area contributed by atoms with Crippen molar-refractivity contribution < 1.29 is 8.42 Å². The van der Waals surface area contributed by atoms with Gasteiger partial charge in [0.05, 0.1) is 0 Å². The van der Waals surface area contributed by atoms with E-state index in [9.17, 15) is 8.42 Å². The molecule has 1 N–H and O–H groups in total. The van der Waals surface area contributed by atoms with Gasteiger partial charge in [-0.25, -0.2) is 8.42 Å². The quantitative estimate of drug-likeness (QED) is 0.883. The lowest BCUT2D eigenvalue weighted by Crippen LogP contribution is -2.56. The molecular formula is C11H16BrN3O2S. The van der Waals surface area contributed by atoms with Gasteiger partial charge in [0.15, 0.2) is 0 Å². The number of hydrogen-bond donors (Lipinski definition) is 1. The SMILES string of the molecule is CC1CN(S(=O)(=O)c2cncc(Br)c2)C(C)CN1. The maximum atomic E-state index is 12.5. The number of aromatic nitrogens is 1. The molecule has 0 spiro atoms. The Labute approximate surface area is 116 Å². The molecule has 1 fully saturated rings. The topological polar surface area (TPSA) is 62.3 Å². The van der Waals surface area contributed by atoms with E-state index in [2.05, 4.69) is 26.2 Å². The molecule has 0 radical (unpaired) electrons. The number of pyridine rings is 1. The van der Waals surface area contributed by atoms with Crippen LogP contribution < -0.4 is 5.32 Å². The summed E-state index contributed by atoms with van der Waals surface area (Å²) in [4.78, 5) is 4.16. The minimum absolute atomic E-state index is 0.0508. The summed E-state index contributed by atoms with van der Waals surface area (Å²) < 4.78 is 27.3. The molecule has 1 aliphatic heterocycles. The lowest BCUT2D eigenvalue weighted by molar-refractivity contribution is 0.244.